The number of nitrogens with one attached hydrogen (secondary N) is 1. The molecule has 2 aromatic carbocycles. The number of amides is 1. The normalized spacial score (nSPS) is 10.3. The van der Waals surface area contributed by atoms with Gasteiger partial charge in [0.25, 0.3) is 5.91 Å². The van der Waals surface area contributed by atoms with Crippen LogP contribution in [0.3, 0.4) is 0 Å². The Hall–Kier alpha value is -0.300. The van der Waals surface area contributed by atoms with Crippen molar-refractivity contribution in [2.45, 2.75) is 0 Å². The van der Waals surface area contributed by atoms with Crippen molar-refractivity contribution >= 4 is 73.3 Å². The summed E-state index contributed by atoms with van der Waals surface area (Å²) in [5, 5.41) is 3.41. The molecule has 98 valence electrons. The minimum atomic E-state index is -0.296. The Balaban J connectivity index is 2.31. The van der Waals surface area contributed by atoms with Gasteiger partial charge in [-0.05, 0) is 68.9 Å². The van der Waals surface area contributed by atoms with Gasteiger partial charge < -0.3 is 5.32 Å². The Kier molecular flexibility index (Phi) is 5.11. The molecule has 2 nitrogen and oxygen atoms in total. The molecule has 0 atom stereocenters. The van der Waals surface area contributed by atoms with E-state index in [9.17, 15) is 4.79 Å². The first-order valence-electron chi connectivity index (χ1n) is 5.19. The fourth-order valence-electron chi connectivity index (χ4n) is 1.46. The van der Waals surface area contributed by atoms with Crippen LogP contribution in [0, 0.1) is 3.57 Å². The average molecular weight is 471 g/mol. The molecule has 0 saturated carbocycles. The molecular formula is C13H7BrCl2INO. The third-order valence-electron chi connectivity index (χ3n) is 2.37. The van der Waals surface area contributed by atoms with Gasteiger partial charge in [0, 0.05) is 8.04 Å². The maximum atomic E-state index is 12.2. The van der Waals surface area contributed by atoms with Gasteiger partial charge in [-0.1, -0.05) is 29.3 Å². The lowest BCUT2D eigenvalue weighted by molar-refractivity contribution is 0.102. The number of hydrogen-bond donors (Lipinski definition) is 1. The van der Waals surface area contributed by atoms with Crippen molar-refractivity contribution < 1.29 is 4.79 Å². The van der Waals surface area contributed by atoms with E-state index in [1.165, 1.54) is 0 Å². The van der Waals surface area contributed by atoms with Crippen LogP contribution in [0.2, 0.25) is 10.0 Å². The highest BCUT2D eigenvalue weighted by atomic mass is 127. The first-order valence-corrected chi connectivity index (χ1v) is 7.82. The van der Waals surface area contributed by atoms with E-state index in [1.807, 2.05) is 18.2 Å². The number of carbonyl (C=O) groups excluding carboxylic acids is 1. The van der Waals surface area contributed by atoms with E-state index in [0.29, 0.717) is 16.3 Å². The van der Waals surface area contributed by atoms with Crippen molar-refractivity contribution in [1.82, 2.24) is 0 Å². The first-order chi connectivity index (χ1) is 8.99. The zero-order valence-electron chi connectivity index (χ0n) is 9.38. The molecule has 0 saturated heterocycles. The Labute approximate surface area is 142 Å². The maximum Gasteiger partial charge on any atom is 0.257 e. The number of hydrogen-bond acceptors (Lipinski definition) is 1. The summed E-state index contributed by atoms with van der Waals surface area (Å²) >= 11 is 17.5. The number of halogens is 4. The van der Waals surface area contributed by atoms with E-state index >= 15 is 0 Å². The van der Waals surface area contributed by atoms with Crippen LogP contribution < -0.4 is 5.32 Å². The Bertz CT molecular complexity index is 649. The van der Waals surface area contributed by atoms with Gasteiger partial charge in [0.1, 0.15) is 0 Å². The number of rotatable bonds is 2. The van der Waals surface area contributed by atoms with Crippen LogP contribution in [0.4, 0.5) is 5.69 Å². The molecule has 0 bridgehead atoms. The van der Waals surface area contributed by atoms with E-state index in [2.05, 4.69) is 43.8 Å². The van der Waals surface area contributed by atoms with E-state index in [1.54, 1.807) is 18.2 Å². The predicted molar refractivity (Wildman–Crippen MR) is 91.3 cm³/mol. The molecule has 6 heteroatoms. The zero-order valence-corrected chi connectivity index (χ0v) is 14.6. The van der Waals surface area contributed by atoms with Gasteiger partial charge in [0.2, 0.25) is 0 Å². The van der Waals surface area contributed by atoms with Gasteiger partial charge in [0.15, 0.2) is 0 Å². The van der Waals surface area contributed by atoms with Crippen LogP contribution in [-0.2, 0) is 0 Å². The quantitative estimate of drug-likeness (QED) is 0.568. The molecule has 0 unspecified atom stereocenters. The molecule has 0 fully saturated rings. The standard InChI is InChI=1S/C13H7BrCl2INO/c14-9-5-4-7(17)6-11(9)18-13(19)8-2-1-3-10(15)12(8)16/h1-6H,(H,18,19). The molecule has 0 radical (unpaired) electrons. The summed E-state index contributed by atoms with van der Waals surface area (Å²) in [7, 11) is 0. The Morgan fingerprint density at radius 1 is 1.21 bits per heavy atom. The number of carbonyl (C=O) groups is 1. The van der Waals surface area contributed by atoms with Crippen molar-refractivity contribution in [2.75, 3.05) is 5.32 Å². The van der Waals surface area contributed by atoms with Gasteiger partial charge in [-0.15, -0.1) is 0 Å². The highest BCUT2D eigenvalue weighted by Gasteiger charge is 2.14. The smallest absolute Gasteiger partial charge is 0.257 e. The molecule has 0 aliphatic carbocycles. The van der Waals surface area contributed by atoms with Crippen LogP contribution in [0.1, 0.15) is 10.4 Å². The lowest BCUT2D eigenvalue weighted by Gasteiger charge is -2.09. The van der Waals surface area contributed by atoms with Gasteiger partial charge in [-0.2, -0.15) is 0 Å². The highest BCUT2D eigenvalue weighted by molar-refractivity contribution is 14.1. The molecule has 0 aliphatic heterocycles. The van der Waals surface area contributed by atoms with Crippen LogP contribution in [0.25, 0.3) is 0 Å². The monoisotopic (exact) mass is 469 g/mol. The van der Waals surface area contributed by atoms with E-state index in [0.717, 1.165) is 8.04 Å². The summed E-state index contributed by atoms with van der Waals surface area (Å²) in [5.41, 5.74) is 1.04. The molecular weight excluding hydrogens is 464 g/mol. The van der Waals surface area contributed by atoms with Crippen molar-refractivity contribution in [3.8, 4) is 0 Å². The average Bonchev–Trinajstić information content (AvgIpc) is 2.37. The zero-order chi connectivity index (χ0) is 14.0. The molecule has 0 heterocycles. The second-order valence-electron chi connectivity index (χ2n) is 3.68. The van der Waals surface area contributed by atoms with Crippen LogP contribution in [-0.4, -0.2) is 5.91 Å². The minimum absolute atomic E-state index is 0.253. The van der Waals surface area contributed by atoms with Crippen molar-refractivity contribution in [3.05, 3.63) is 60.0 Å². The third-order valence-corrected chi connectivity index (χ3v) is 4.55. The summed E-state index contributed by atoms with van der Waals surface area (Å²) in [5.74, 6) is -0.296. The fraction of sp³-hybridized carbons (Fsp3) is 0. The molecule has 0 spiro atoms. The number of anilines is 1. The molecule has 2 aromatic rings. The van der Waals surface area contributed by atoms with Crippen molar-refractivity contribution in [1.29, 1.82) is 0 Å². The highest BCUT2D eigenvalue weighted by Crippen LogP contribution is 2.28. The second-order valence-corrected chi connectivity index (χ2v) is 6.56. The van der Waals surface area contributed by atoms with Crippen LogP contribution in [0.15, 0.2) is 40.9 Å². The predicted octanol–water partition coefficient (Wildman–Crippen LogP) is 5.61. The lowest BCUT2D eigenvalue weighted by atomic mass is 10.2. The van der Waals surface area contributed by atoms with E-state index < -0.39 is 0 Å². The molecule has 1 amide bonds. The fourth-order valence-corrected chi connectivity index (χ4v) is 2.69. The van der Waals surface area contributed by atoms with Crippen LogP contribution in [0.5, 0.6) is 0 Å². The second kappa shape index (κ2) is 6.43. The van der Waals surface area contributed by atoms with Gasteiger partial charge in [0.05, 0.1) is 21.3 Å². The molecule has 1 N–H and O–H groups in total. The Morgan fingerprint density at radius 2 is 1.95 bits per heavy atom. The summed E-state index contributed by atoms with van der Waals surface area (Å²) in [6, 6.07) is 10.6. The molecule has 2 rings (SSSR count). The lowest BCUT2D eigenvalue weighted by Crippen LogP contribution is -2.13. The largest absolute Gasteiger partial charge is 0.321 e. The Morgan fingerprint density at radius 3 is 2.68 bits per heavy atom. The molecule has 0 aliphatic rings. The van der Waals surface area contributed by atoms with Crippen molar-refractivity contribution in [3.63, 3.8) is 0 Å². The minimum Gasteiger partial charge on any atom is -0.321 e. The van der Waals surface area contributed by atoms with E-state index in [4.69, 9.17) is 23.2 Å². The molecule has 19 heavy (non-hydrogen) atoms. The maximum absolute atomic E-state index is 12.2. The van der Waals surface area contributed by atoms with Crippen molar-refractivity contribution in [2.24, 2.45) is 0 Å². The third kappa shape index (κ3) is 3.62. The first kappa shape index (κ1) is 15.1. The summed E-state index contributed by atoms with van der Waals surface area (Å²) < 4.78 is 1.83. The molecule has 0 aromatic heterocycles. The topological polar surface area (TPSA) is 29.1 Å². The summed E-state index contributed by atoms with van der Waals surface area (Å²) in [4.78, 5) is 12.2. The van der Waals surface area contributed by atoms with E-state index in [-0.39, 0.29) is 10.9 Å². The van der Waals surface area contributed by atoms with Gasteiger partial charge in [-0.3, -0.25) is 4.79 Å². The summed E-state index contributed by atoms with van der Waals surface area (Å²) in [6.45, 7) is 0. The summed E-state index contributed by atoms with van der Waals surface area (Å²) in [6.07, 6.45) is 0. The van der Waals surface area contributed by atoms with Crippen LogP contribution >= 0.6 is 61.7 Å². The van der Waals surface area contributed by atoms with Gasteiger partial charge >= 0.3 is 0 Å². The van der Waals surface area contributed by atoms with Gasteiger partial charge in [-0.25, -0.2) is 0 Å². The number of benzene rings is 2. The SMILES string of the molecule is O=C(Nc1cc(I)ccc1Br)c1cccc(Cl)c1Cl.